The molecule has 2 aromatic rings. The lowest BCUT2D eigenvalue weighted by molar-refractivity contribution is 0.0790. The number of benzene rings is 1. The Hall–Kier alpha value is -1.59. The number of methoxy groups -OCH3 is 1. The van der Waals surface area contributed by atoms with Crippen LogP contribution in [0.5, 0.6) is 5.75 Å². The lowest BCUT2D eigenvalue weighted by Crippen LogP contribution is -2.28. The van der Waals surface area contributed by atoms with Crippen LogP contribution in [0.4, 0.5) is 0 Å². The average molecular weight is 361 g/mol. The van der Waals surface area contributed by atoms with Crippen molar-refractivity contribution >= 4 is 9.04 Å². The van der Waals surface area contributed by atoms with Gasteiger partial charge in [-0.25, -0.2) is 4.98 Å². The molecule has 1 unspecified atom stereocenters. The van der Waals surface area contributed by atoms with Gasteiger partial charge in [0.15, 0.2) is 9.04 Å². The van der Waals surface area contributed by atoms with Crippen LogP contribution in [0.25, 0.3) is 0 Å². The molecular formula is C20H32N2O2Si. The molecule has 0 amide bonds. The number of imidazole rings is 1. The Bertz CT molecular complexity index is 689. The third kappa shape index (κ3) is 4.95. The predicted octanol–water partition coefficient (Wildman–Crippen LogP) is 4.53. The molecule has 0 aliphatic rings. The van der Waals surface area contributed by atoms with Crippen molar-refractivity contribution in [1.29, 1.82) is 0 Å². The molecule has 25 heavy (non-hydrogen) atoms. The summed E-state index contributed by atoms with van der Waals surface area (Å²) in [4.78, 5) is 4.58. The summed E-state index contributed by atoms with van der Waals surface area (Å²) >= 11 is 0. The van der Waals surface area contributed by atoms with Crippen molar-refractivity contribution in [2.75, 3.05) is 7.11 Å². The topological polar surface area (TPSA) is 36.3 Å². The van der Waals surface area contributed by atoms with Gasteiger partial charge in [0, 0.05) is 6.54 Å². The van der Waals surface area contributed by atoms with Gasteiger partial charge in [0.05, 0.1) is 25.1 Å². The maximum atomic E-state index is 6.41. The standard InChI is InChI=1S/C20H32N2O2Si/c1-15-21-14-17(19(20(2,3)4)24-25(6)7)22(15)13-12-16-10-8-9-11-18(16)23-5/h8-11,14,19,25H,12-13H2,1-7H3. The predicted molar refractivity (Wildman–Crippen MR) is 106 cm³/mol. The average Bonchev–Trinajstić information content (AvgIpc) is 2.90. The molecule has 0 fully saturated rings. The molecule has 1 atom stereocenters. The minimum atomic E-state index is -1.16. The normalized spacial score (nSPS) is 13.3. The highest BCUT2D eigenvalue weighted by Gasteiger charge is 2.31. The van der Waals surface area contributed by atoms with E-state index in [1.807, 2.05) is 18.3 Å². The van der Waals surface area contributed by atoms with Crippen molar-refractivity contribution in [2.45, 2.75) is 59.9 Å². The van der Waals surface area contributed by atoms with Crippen LogP contribution in [0.3, 0.4) is 0 Å². The lowest BCUT2D eigenvalue weighted by atomic mass is 9.87. The molecule has 138 valence electrons. The fourth-order valence-electron chi connectivity index (χ4n) is 3.12. The van der Waals surface area contributed by atoms with E-state index in [1.54, 1.807) is 7.11 Å². The van der Waals surface area contributed by atoms with Crippen LogP contribution in [0.15, 0.2) is 30.5 Å². The van der Waals surface area contributed by atoms with E-state index < -0.39 is 9.04 Å². The molecule has 5 heteroatoms. The van der Waals surface area contributed by atoms with Crippen LogP contribution in [0, 0.1) is 12.3 Å². The van der Waals surface area contributed by atoms with Gasteiger partial charge in [0.25, 0.3) is 0 Å². The quantitative estimate of drug-likeness (QED) is 0.681. The van der Waals surface area contributed by atoms with E-state index >= 15 is 0 Å². The van der Waals surface area contributed by atoms with Gasteiger partial charge in [-0.1, -0.05) is 39.0 Å². The smallest absolute Gasteiger partial charge is 0.171 e. The first-order valence-corrected chi connectivity index (χ1v) is 11.8. The highest BCUT2D eigenvalue weighted by molar-refractivity contribution is 6.48. The zero-order chi connectivity index (χ0) is 18.6. The summed E-state index contributed by atoms with van der Waals surface area (Å²) in [7, 11) is 0.563. The summed E-state index contributed by atoms with van der Waals surface area (Å²) in [6, 6.07) is 8.21. The Morgan fingerprint density at radius 2 is 1.88 bits per heavy atom. The van der Waals surface area contributed by atoms with Gasteiger partial charge < -0.3 is 13.7 Å². The second-order valence-electron chi connectivity index (χ2n) is 7.87. The number of aryl methyl sites for hydroxylation is 2. The van der Waals surface area contributed by atoms with Crippen molar-refractivity contribution in [2.24, 2.45) is 5.41 Å². The summed E-state index contributed by atoms with van der Waals surface area (Å²) in [5.41, 5.74) is 2.43. The number of nitrogens with zero attached hydrogens (tertiary/aromatic N) is 2. The van der Waals surface area contributed by atoms with Gasteiger partial charge in [-0.05, 0) is 43.5 Å². The van der Waals surface area contributed by atoms with E-state index in [1.165, 1.54) is 11.3 Å². The number of ether oxygens (including phenoxy) is 1. The van der Waals surface area contributed by atoms with Crippen molar-refractivity contribution in [3.05, 3.63) is 47.5 Å². The molecule has 0 saturated carbocycles. The molecule has 2 rings (SSSR count). The van der Waals surface area contributed by atoms with E-state index in [-0.39, 0.29) is 11.5 Å². The van der Waals surface area contributed by atoms with Crippen LogP contribution >= 0.6 is 0 Å². The molecule has 0 saturated heterocycles. The molecule has 1 heterocycles. The van der Waals surface area contributed by atoms with Gasteiger partial charge in [-0.2, -0.15) is 0 Å². The van der Waals surface area contributed by atoms with E-state index in [2.05, 4.69) is 62.5 Å². The summed E-state index contributed by atoms with van der Waals surface area (Å²) in [6.07, 6.45) is 2.96. The number of aromatic nitrogens is 2. The zero-order valence-electron chi connectivity index (χ0n) is 16.7. The number of hydrogen-bond donors (Lipinski definition) is 0. The van der Waals surface area contributed by atoms with Gasteiger partial charge in [0.2, 0.25) is 0 Å². The van der Waals surface area contributed by atoms with E-state index in [9.17, 15) is 0 Å². The van der Waals surface area contributed by atoms with Crippen LogP contribution in [0.2, 0.25) is 13.1 Å². The summed E-state index contributed by atoms with van der Waals surface area (Å²) < 4.78 is 14.2. The Morgan fingerprint density at radius 1 is 1.20 bits per heavy atom. The van der Waals surface area contributed by atoms with Crippen molar-refractivity contribution in [1.82, 2.24) is 9.55 Å². The van der Waals surface area contributed by atoms with Crippen molar-refractivity contribution < 1.29 is 9.16 Å². The molecule has 0 spiro atoms. The highest BCUT2D eigenvalue weighted by Crippen LogP contribution is 2.37. The fraction of sp³-hybridized carbons (Fsp3) is 0.550. The van der Waals surface area contributed by atoms with Crippen LogP contribution in [-0.2, 0) is 17.4 Å². The lowest BCUT2D eigenvalue weighted by Gasteiger charge is -2.33. The fourth-order valence-corrected chi connectivity index (χ4v) is 4.21. The first-order chi connectivity index (χ1) is 11.7. The molecule has 1 aromatic carbocycles. The van der Waals surface area contributed by atoms with Crippen LogP contribution < -0.4 is 4.74 Å². The monoisotopic (exact) mass is 360 g/mol. The van der Waals surface area contributed by atoms with Crippen molar-refractivity contribution in [3.63, 3.8) is 0 Å². The Balaban J connectivity index is 2.28. The molecule has 0 bridgehead atoms. The summed E-state index contributed by atoms with van der Waals surface area (Å²) in [6.45, 7) is 14.1. The summed E-state index contributed by atoms with van der Waals surface area (Å²) in [5, 5.41) is 0. The Morgan fingerprint density at radius 3 is 2.48 bits per heavy atom. The Labute approximate surface area is 153 Å². The number of hydrogen-bond acceptors (Lipinski definition) is 3. The van der Waals surface area contributed by atoms with E-state index in [4.69, 9.17) is 9.16 Å². The van der Waals surface area contributed by atoms with Gasteiger partial charge >= 0.3 is 0 Å². The first kappa shape index (κ1) is 19.7. The minimum absolute atomic E-state index is 0.0337. The van der Waals surface area contributed by atoms with Gasteiger partial charge in [-0.15, -0.1) is 0 Å². The molecule has 0 aliphatic carbocycles. The van der Waals surface area contributed by atoms with E-state index in [0.717, 1.165) is 24.5 Å². The maximum absolute atomic E-state index is 6.41. The molecular weight excluding hydrogens is 328 g/mol. The van der Waals surface area contributed by atoms with Gasteiger partial charge in [-0.3, -0.25) is 0 Å². The third-order valence-corrected chi connectivity index (χ3v) is 5.16. The van der Waals surface area contributed by atoms with Crippen LogP contribution in [-0.4, -0.2) is 25.7 Å². The number of rotatable bonds is 7. The minimum Gasteiger partial charge on any atom is -0.496 e. The van der Waals surface area contributed by atoms with Crippen molar-refractivity contribution in [3.8, 4) is 5.75 Å². The maximum Gasteiger partial charge on any atom is 0.171 e. The second kappa shape index (κ2) is 8.19. The largest absolute Gasteiger partial charge is 0.496 e. The first-order valence-electron chi connectivity index (χ1n) is 9.03. The third-order valence-electron chi connectivity index (χ3n) is 4.35. The number of para-hydroxylation sites is 1. The molecule has 0 radical (unpaired) electrons. The molecule has 4 nitrogen and oxygen atoms in total. The highest BCUT2D eigenvalue weighted by atomic mass is 28.3. The zero-order valence-corrected chi connectivity index (χ0v) is 17.8. The van der Waals surface area contributed by atoms with Crippen LogP contribution in [0.1, 0.15) is 44.0 Å². The SMILES string of the molecule is COc1ccccc1CCn1c(C(O[SiH](C)C)C(C)(C)C)cnc1C. The Kier molecular flexibility index (Phi) is 6.46. The molecule has 0 aliphatic heterocycles. The molecule has 0 N–H and O–H groups in total. The van der Waals surface area contributed by atoms with E-state index in [0.29, 0.717) is 0 Å². The van der Waals surface area contributed by atoms with Gasteiger partial charge in [0.1, 0.15) is 11.6 Å². The molecule has 1 aromatic heterocycles. The second-order valence-corrected chi connectivity index (χ2v) is 10.2. The summed E-state index contributed by atoms with van der Waals surface area (Å²) in [5.74, 6) is 1.98.